The maximum atomic E-state index is 4.37. The first-order valence-electron chi connectivity index (χ1n) is 7.36. The molecule has 1 heterocycles. The quantitative estimate of drug-likeness (QED) is 0.771. The van der Waals surface area contributed by atoms with Crippen LogP contribution in [0.3, 0.4) is 0 Å². The fraction of sp³-hybridized carbons (Fsp3) is 0.471. The first-order chi connectivity index (χ1) is 9.66. The van der Waals surface area contributed by atoms with Crippen molar-refractivity contribution in [3.05, 3.63) is 54.1 Å². The zero-order valence-corrected chi connectivity index (χ0v) is 12.8. The van der Waals surface area contributed by atoms with Crippen LogP contribution in [0.25, 0.3) is 0 Å². The highest BCUT2D eigenvalue weighted by Gasteiger charge is 2.08. The molecular formula is C17H25N3. The SMILES string of the molecule is CC(CN(C)CCCc1nccn1C)c1ccccc1. The van der Waals surface area contributed by atoms with Crippen LogP contribution in [0.15, 0.2) is 42.7 Å². The van der Waals surface area contributed by atoms with E-state index in [-0.39, 0.29) is 0 Å². The number of hydrogen-bond donors (Lipinski definition) is 0. The second-order valence-electron chi connectivity index (χ2n) is 5.63. The van der Waals surface area contributed by atoms with Crippen molar-refractivity contribution < 1.29 is 0 Å². The average molecular weight is 271 g/mol. The van der Waals surface area contributed by atoms with Gasteiger partial charge in [0.05, 0.1) is 0 Å². The lowest BCUT2D eigenvalue weighted by atomic mass is 10.0. The lowest BCUT2D eigenvalue weighted by Crippen LogP contribution is -2.25. The molecule has 3 nitrogen and oxygen atoms in total. The molecular weight excluding hydrogens is 246 g/mol. The average Bonchev–Trinajstić information content (AvgIpc) is 2.85. The van der Waals surface area contributed by atoms with Gasteiger partial charge in [0.2, 0.25) is 0 Å². The largest absolute Gasteiger partial charge is 0.338 e. The van der Waals surface area contributed by atoms with E-state index in [4.69, 9.17) is 0 Å². The first-order valence-corrected chi connectivity index (χ1v) is 7.36. The Hall–Kier alpha value is -1.61. The molecule has 0 saturated carbocycles. The van der Waals surface area contributed by atoms with E-state index >= 15 is 0 Å². The van der Waals surface area contributed by atoms with E-state index in [2.05, 4.69) is 65.8 Å². The number of benzene rings is 1. The second kappa shape index (κ2) is 7.25. The minimum Gasteiger partial charge on any atom is -0.338 e. The lowest BCUT2D eigenvalue weighted by molar-refractivity contribution is 0.312. The number of aryl methyl sites for hydroxylation is 2. The summed E-state index contributed by atoms with van der Waals surface area (Å²) < 4.78 is 2.10. The summed E-state index contributed by atoms with van der Waals surface area (Å²) in [5.41, 5.74) is 1.42. The molecule has 2 aromatic rings. The normalized spacial score (nSPS) is 12.8. The number of hydrogen-bond acceptors (Lipinski definition) is 2. The summed E-state index contributed by atoms with van der Waals surface area (Å²) in [5.74, 6) is 1.75. The minimum atomic E-state index is 0.578. The van der Waals surface area contributed by atoms with E-state index in [9.17, 15) is 0 Å². The van der Waals surface area contributed by atoms with Crippen molar-refractivity contribution in [3.8, 4) is 0 Å². The third-order valence-electron chi connectivity index (χ3n) is 3.82. The fourth-order valence-corrected chi connectivity index (χ4v) is 2.59. The molecule has 3 heteroatoms. The van der Waals surface area contributed by atoms with E-state index in [1.54, 1.807) is 0 Å². The molecule has 1 aromatic heterocycles. The van der Waals surface area contributed by atoms with E-state index in [1.165, 1.54) is 11.4 Å². The molecule has 0 saturated heterocycles. The third-order valence-corrected chi connectivity index (χ3v) is 3.82. The monoisotopic (exact) mass is 271 g/mol. The molecule has 108 valence electrons. The summed E-state index contributed by atoms with van der Waals surface area (Å²) in [4.78, 5) is 6.78. The molecule has 0 aliphatic heterocycles. The summed E-state index contributed by atoms with van der Waals surface area (Å²) in [6.07, 6.45) is 6.09. The van der Waals surface area contributed by atoms with Crippen LogP contribution < -0.4 is 0 Å². The molecule has 0 amide bonds. The first kappa shape index (κ1) is 14.8. The van der Waals surface area contributed by atoms with E-state index < -0.39 is 0 Å². The van der Waals surface area contributed by atoms with Crippen LogP contribution in [0.2, 0.25) is 0 Å². The second-order valence-corrected chi connectivity index (χ2v) is 5.63. The Balaban J connectivity index is 1.73. The molecule has 1 unspecified atom stereocenters. The predicted molar refractivity (Wildman–Crippen MR) is 83.9 cm³/mol. The maximum Gasteiger partial charge on any atom is 0.108 e. The van der Waals surface area contributed by atoms with Gasteiger partial charge < -0.3 is 9.47 Å². The standard InChI is InChI=1S/C17H25N3/c1-15(16-8-5-4-6-9-16)14-19(2)12-7-10-17-18-11-13-20(17)3/h4-6,8-9,11,13,15H,7,10,12,14H2,1-3H3. The Morgan fingerprint density at radius 3 is 2.65 bits per heavy atom. The Bertz CT molecular complexity index is 504. The zero-order chi connectivity index (χ0) is 14.4. The molecule has 1 aromatic carbocycles. The molecule has 0 bridgehead atoms. The van der Waals surface area contributed by atoms with Crippen molar-refractivity contribution >= 4 is 0 Å². The molecule has 1 atom stereocenters. The highest BCUT2D eigenvalue weighted by molar-refractivity contribution is 5.18. The van der Waals surface area contributed by atoms with Gasteiger partial charge in [-0.15, -0.1) is 0 Å². The summed E-state index contributed by atoms with van der Waals surface area (Å²) in [7, 11) is 4.27. The lowest BCUT2D eigenvalue weighted by Gasteiger charge is -2.21. The van der Waals surface area contributed by atoms with Crippen molar-refractivity contribution in [3.63, 3.8) is 0 Å². The molecule has 0 N–H and O–H groups in total. The van der Waals surface area contributed by atoms with E-state index in [0.29, 0.717) is 5.92 Å². The number of rotatable bonds is 7. The van der Waals surface area contributed by atoms with Gasteiger partial charge in [-0.2, -0.15) is 0 Å². The van der Waals surface area contributed by atoms with Gasteiger partial charge in [0.25, 0.3) is 0 Å². The van der Waals surface area contributed by atoms with Crippen molar-refractivity contribution in [2.75, 3.05) is 20.1 Å². The van der Waals surface area contributed by atoms with Crippen LogP contribution in [0.4, 0.5) is 0 Å². The van der Waals surface area contributed by atoms with Gasteiger partial charge in [-0.3, -0.25) is 0 Å². The predicted octanol–water partition coefficient (Wildman–Crippen LogP) is 3.09. The van der Waals surface area contributed by atoms with Gasteiger partial charge >= 0.3 is 0 Å². The van der Waals surface area contributed by atoms with Gasteiger partial charge in [0.15, 0.2) is 0 Å². The molecule has 0 aliphatic rings. The molecule has 20 heavy (non-hydrogen) atoms. The van der Waals surface area contributed by atoms with E-state index in [0.717, 1.165) is 25.9 Å². The maximum absolute atomic E-state index is 4.37. The van der Waals surface area contributed by atoms with Crippen LogP contribution in [0.1, 0.15) is 30.7 Å². The van der Waals surface area contributed by atoms with Gasteiger partial charge in [-0.05, 0) is 31.5 Å². The van der Waals surface area contributed by atoms with Gasteiger partial charge in [0, 0.05) is 32.4 Å². The number of aromatic nitrogens is 2. The van der Waals surface area contributed by atoms with Crippen LogP contribution in [0, 0.1) is 0 Å². The van der Waals surface area contributed by atoms with Crippen molar-refractivity contribution in [1.29, 1.82) is 0 Å². The van der Waals surface area contributed by atoms with Gasteiger partial charge in [0.1, 0.15) is 5.82 Å². The third kappa shape index (κ3) is 4.20. The summed E-state index contributed by atoms with van der Waals surface area (Å²) in [6, 6.07) is 10.7. The topological polar surface area (TPSA) is 21.1 Å². The number of imidazole rings is 1. The Labute approximate surface area is 122 Å². The highest BCUT2D eigenvalue weighted by Crippen LogP contribution is 2.15. The van der Waals surface area contributed by atoms with Crippen LogP contribution in [0.5, 0.6) is 0 Å². The van der Waals surface area contributed by atoms with E-state index in [1.807, 2.05) is 12.4 Å². The smallest absolute Gasteiger partial charge is 0.108 e. The minimum absolute atomic E-state index is 0.578. The van der Waals surface area contributed by atoms with Gasteiger partial charge in [-0.25, -0.2) is 4.98 Å². The number of nitrogens with zero attached hydrogens (tertiary/aromatic N) is 3. The Kier molecular flexibility index (Phi) is 5.36. The summed E-state index contributed by atoms with van der Waals surface area (Å²) in [6.45, 7) is 4.51. The molecule has 0 aliphatic carbocycles. The molecule has 2 rings (SSSR count). The van der Waals surface area contributed by atoms with Crippen molar-refractivity contribution in [2.45, 2.75) is 25.7 Å². The van der Waals surface area contributed by atoms with Gasteiger partial charge in [-0.1, -0.05) is 37.3 Å². The highest BCUT2D eigenvalue weighted by atomic mass is 15.1. The number of likely N-dealkylation sites (N-methyl/N-ethyl adjacent to an activating group) is 1. The zero-order valence-electron chi connectivity index (χ0n) is 12.8. The summed E-state index contributed by atoms with van der Waals surface area (Å²) in [5, 5.41) is 0. The molecule has 0 fully saturated rings. The molecule has 0 radical (unpaired) electrons. The van der Waals surface area contributed by atoms with Crippen LogP contribution in [-0.2, 0) is 13.5 Å². The fourth-order valence-electron chi connectivity index (χ4n) is 2.59. The van der Waals surface area contributed by atoms with Crippen LogP contribution >= 0.6 is 0 Å². The Morgan fingerprint density at radius 1 is 1.25 bits per heavy atom. The molecule has 0 spiro atoms. The Morgan fingerprint density at radius 2 is 2.00 bits per heavy atom. The van der Waals surface area contributed by atoms with Crippen molar-refractivity contribution in [2.24, 2.45) is 7.05 Å². The summed E-state index contributed by atoms with van der Waals surface area (Å²) >= 11 is 0. The van der Waals surface area contributed by atoms with Crippen LogP contribution in [-0.4, -0.2) is 34.6 Å². The van der Waals surface area contributed by atoms with Crippen molar-refractivity contribution in [1.82, 2.24) is 14.5 Å².